The number of anilines is 3. The van der Waals surface area contributed by atoms with Crippen molar-refractivity contribution in [3.8, 4) is 0 Å². The molecule has 0 aliphatic rings. The van der Waals surface area contributed by atoms with Crippen LogP contribution in [0.25, 0.3) is 0 Å². The predicted molar refractivity (Wildman–Crippen MR) is 87.0 cm³/mol. The van der Waals surface area contributed by atoms with E-state index in [0.29, 0.717) is 17.9 Å². The van der Waals surface area contributed by atoms with Crippen molar-refractivity contribution in [2.75, 3.05) is 10.6 Å². The molecule has 0 spiro atoms. The molecule has 5 heteroatoms. The van der Waals surface area contributed by atoms with Crippen molar-refractivity contribution in [2.45, 2.75) is 46.1 Å². The molecule has 0 aliphatic carbocycles. The third kappa shape index (κ3) is 4.41. The van der Waals surface area contributed by atoms with E-state index in [-0.39, 0.29) is 0 Å². The molecular formula is C16H23N5. The molecule has 0 aliphatic heterocycles. The maximum Gasteiger partial charge on any atom is 0.249 e. The lowest BCUT2D eigenvalue weighted by Gasteiger charge is -2.12. The van der Waals surface area contributed by atoms with Crippen LogP contribution in [0.15, 0.2) is 30.5 Å². The van der Waals surface area contributed by atoms with Gasteiger partial charge in [-0.3, -0.25) is 0 Å². The van der Waals surface area contributed by atoms with Gasteiger partial charge in [-0.15, -0.1) is 5.10 Å². The fourth-order valence-corrected chi connectivity index (χ4v) is 1.86. The molecule has 0 fully saturated rings. The van der Waals surface area contributed by atoms with Gasteiger partial charge in [-0.05, 0) is 37.0 Å². The van der Waals surface area contributed by atoms with Crippen molar-refractivity contribution in [3.05, 3.63) is 36.0 Å². The molecule has 1 unspecified atom stereocenters. The first-order valence-corrected chi connectivity index (χ1v) is 7.41. The second-order valence-corrected chi connectivity index (χ2v) is 5.52. The Morgan fingerprint density at radius 1 is 1.10 bits per heavy atom. The Kier molecular flexibility index (Phi) is 5.09. The zero-order valence-corrected chi connectivity index (χ0v) is 13.1. The summed E-state index contributed by atoms with van der Waals surface area (Å²) in [6.45, 7) is 8.60. The van der Waals surface area contributed by atoms with E-state index in [1.54, 1.807) is 6.20 Å². The van der Waals surface area contributed by atoms with Crippen molar-refractivity contribution in [1.29, 1.82) is 0 Å². The fourth-order valence-electron chi connectivity index (χ4n) is 1.86. The van der Waals surface area contributed by atoms with Crippen molar-refractivity contribution >= 4 is 17.5 Å². The molecule has 1 aromatic heterocycles. The predicted octanol–water partition coefficient (Wildman–Crippen LogP) is 3.95. The molecule has 1 aromatic carbocycles. The van der Waals surface area contributed by atoms with Crippen molar-refractivity contribution < 1.29 is 0 Å². The molecule has 21 heavy (non-hydrogen) atoms. The van der Waals surface area contributed by atoms with Crippen molar-refractivity contribution in [1.82, 2.24) is 15.2 Å². The number of benzene rings is 1. The fraction of sp³-hybridized carbons (Fsp3) is 0.438. The molecule has 2 aromatic rings. The lowest BCUT2D eigenvalue weighted by molar-refractivity contribution is 0.755. The van der Waals surface area contributed by atoms with Crippen LogP contribution in [0, 0.1) is 0 Å². The van der Waals surface area contributed by atoms with Gasteiger partial charge >= 0.3 is 0 Å². The van der Waals surface area contributed by atoms with Crippen LogP contribution in [0.4, 0.5) is 17.5 Å². The summed E-state index contributed by atoms with van der Waals surface area (Å²) < 4.78 is 0. The summed E-state index contributed by atoms with van der Waals surface area (Å²) in [6.07, 6.45) is 2.67. The van der Waals surface area contributed by atoms with Crippen LogP contribution in [-0.4, -0.2) is 21.2 Å². The minimum atomic E-state index is 0.361. The first-order valence-electron chi connectivity index (χ1n) is 7.41. The number of rotatable bonds is 6. The smallest absolute Gasteiger partial charge is 0.249 e. The molecule has 2 N–H and O–H groups in total. The number of aromatic nitrogens is 3. The molecule has 5 nitrogen and oxygen atoms in total. The Bertz CT molecular complexity index is 565. The summed E-state index contributed by atoms with van der Waals surface area (Å²) >= 11 is 0. The molecular weight excluding hydrogens is 262 g/mol. The molecule has 112 valence electrons. The Balaban J connectivity index is 2.07. The first kappa shape index (κ1) is 15.2. The quantitative estimate of drug-likeness (QED) is 0.841. The van der Waals surface area contributed by atoms with Crippen LogP contribution in [0.2, 0.25) is 0 Å². The van der Waals surface area contributed by atoms with Crippen molar-refractivity contribution in [3.63, 3.8) is 0 Å². The Morgan fingerprint density at radius 2 is 1.81 bits per heavy atom. The summed E-state index contributed by atoms with van der Waals surface area (Å²) in [7, 11) is 0. The van der Waals surface area contributed by atoms with Crippen LogP contribution in [0.3, 0.4) is 0 Å². The molecule has 2 rings (SSSR count). The number of nitrogens with one attached hydrogen (secondary N) is 2. The summed E-state index contributed by atoms with van der Waals surface area (Å²) in [6, 6.07) is 8.66. The first-order chi connectivity index (χ1) is 10.1. The summed E-state index contributed by atoms with van der Waals surface area (Å²) in [5, 5.41) is 14.5. The van der Waals surface area contributed by atoms with E-state index in [4.69, 9.17) is 0 Å². The van der Waals surface area contributed by atoms with Gasteiger partial charge in [0.05, 0.1) is 6.20 Å². The zero-order valence-electron chi connectivity index (χ0n) is 13.1. The molecule has 0 saturated carbocycles. The van der Waals surface area contributed by atoms with E-state index >= 15 is 0 Å². The van der Waals surface area contributed by atoms with Gasteiger partial charge in [0.25, 0.3) is 0 Å². The second kappa shape index (κ2) is 7.02. The highest BCUT2D eigenvalue weighted by atomic mass is 15.3. The lowest BCUT2D eigenvalue weighted by Crippen LogP contribution is -2.15. The maximum atomic E-state index is 4.42. The number of hydrogen-bond donors (Lipinski definition) is 2. The molecule has 0 saturated heterocycles. The Morgan fingerprint density at radius 3 is 2.43 bits per heavy atom. The van der Waals surface area contributed by atoms with Gasteiger partial charge in [0.2, 0.25) is 5.95 Å². The van der Waals surface area contributed by atoms with Gasteiger partial charge in [-0.1, -0.05) is 32.9 Å². The van der Waals surface area contributed by atoms with E-state index in [1.807, 2.05) is 12.1 Å². The summed E-state index contributed by atoms with van der Waals surface area (Å²) in [5.74, 6) is 1.77. The zero-order chi connectivity index (χ0) is 15.2. The van der Waals surface area contributed by atoms with E-state index in [2.05, 4.69) is 65.6 Å². The van der Waals surface area contributed by atoms with Crippen LogP contribution in [0.1, 0.15) is 45.6 Å². The minimum Gasteiger partial charge on any atom is -0.366 e. The molecule has 1 heterocycles. The van der Waals surface area contributed by atoms with Gasteiger partial charge in [-0.2, -0.15) is 10.1 Å². The minimum absolute atomic E-state index is 0.361. The average molecular weight is 285 g/mol. The van der Waals surface area contributed by atoms with Gasteiger partial charge in [-0.25, -0.2) is 0 Å². The maximum absolute atomic E-state index is 4.42. The van der Waals surface area contributed by atoms with Crippen molar-refractivity contribution in [2.24, 2.45) is 0 Å². The highest BCUT2D eigenvalue weighted by Gasteiger charge is 2.04. The molecule has 0 bridgehead atoms. The SMILES string of the molecule is CCC(C)Nc1cnnc(Nc2ccc(C(C)C)cc2)n1. The van der Waals surface area contributed by atoms with Crippen LogP contribution < -0.4 is 10.6 Å². The van der Waals surface area contributed by atoms with Gasteiger partial charge in [0, 0.05) is 11.7 Å². The highest BCUT2D eigenvalue weighted by Crippen LogP contribution is 2.19. The van der Waals surface area contributed by atoms with Crippen LogP contribution >= 0.6 is 0 Å². The normalized spacial score (nSPS) is 12.2. The third-order valence-electron chi connectivity index (χ3n) is 3.40. The standard InChI is InChI=1S/C16H23N5/c1-5-12(4)18-15-10-17-21-16(20-15)19-14-8-6-13(7-9-14)11(2)3/h6-12H,5H2,1-4H3,(H2,18,19,20,21). The Hall–Kier alpha value is -2.17. The monoisotopic (exact) mass is 285 g/mol. The molecule has 0 amide bonds. The lowest BCUT2D eigenvalue weighted by atomic mass is 10.0. The largest absolute Gasteiger partial charge is 0.366 e. The van der Waals surface area contributed by atoms with E-state index in [9.17, 15) is 0 Å². The molecule has 1 atom stereocenters. The highest BCUT2D eigenvalue weighted by molar-refractivity contribution is 5.54. The van der Waals surface area contributed by atoms with Crippen LogP contribution in [0.5, 0.6) is 0 Å². The van der Waals surface area contributed by atoms with E-state index < -0.39 is 0 Å². The molecule has 0 radical (unpaired) electrons. The topological polar surface area (TPSA) is 62.7 Å². The third-order valence-corrected chi connectivity index (χ3v) is 3.40. The van der Waals surface area contributed by atoms with Gasteiger partial charge < -0.3 is 10.6 Å². The Labute approximate surface area is 126 Å². The van der Waals surface area contributed by atoms with Gasteiger partial charge in [0.15, 0.2) is 5.82 Å². The summed E-state index contributed by atoms with van der Waals surface area (Å²) in [5.41, 5.74) is 2.27. The number of nitrogens with zero attached hydrogens (tertiary/aromatic N) is 3. The van der Waals surface area contributed by atoms with Gasteiger partial charge in [0.1, 0.15) is 0 Å². The second-order valence-electron chi connectivity index (χ2n) is 5.52. The average Bonchev–Trinajstić information content (AvgIpc) is 2.48. The van der Waals surface area contributed by atoms with Crippen LogP contribution in [-0.2, 0) is 0 Å². The van der Waals surface area contributed by atoms with E-state index in [1.165, 1.54) is 5.56 Å². The summed E-state index contributed by atoms with van der Waals surface area (Å²) in [4.78, 5) is 4.42. The number of hydrogen-bond acceptors (Lipinski definition) is 5. The van der Waals surface area contributed by atoms with E-state index in [0.717, 1.165) is 17.9 Å².